The minimum absolute atomic E-state index is 0.102. The van der Waals surface area contributed by atoms with E-state index in [0.717, 1.165) is 29.9 Å². The van der Waals surface area contributed by atoms with Crippen LogP contribution in [-0.4, -0.2) is 10.5 Å². The van der Waals surface area contributed by atoms with Crippen LogP contribution in [0.5, 0.6) is 0 Å². The first-order valence-electron chi connectivity index (χ1n) is 7.71. The molecule has 1 amide bonds. The molecule has 4 heteroatoms. The molecular formula is C19H21N3O. The number of nitrogens with zero attached hydrogens (tertiary/aromatic N) is 2. The van der Waals surface area contributed by atoms with Gasteiger partial charge in [0, 0.05) is 23.6 Å². The second-order valence-corrected chi connectivity index (χ2v) is 5.47. The van der Waals surface area contributed by atoms with Crippen molar-refractivity contribution >= 4 is 17.7 Å². The molecular weight excluding hydrogens is 286 g/mol. The number of rotatable bonds is 5. The van der Waals surface area contributed by atoms with Gasteiger partial charge >= 0.3 is 0 Å². The molecule has 0 radical (unpaired) electrons. The van der Waals surface area contributed by atoms with Crippen molar-refractivity contribution in [1.29, 1.82) is 5.26 Å². The Kier molecular flexibility index (Phi) is 5.37. The average Bonchev–Trinajstić information content (AvgIpc) is 2.81. The van der Waals surface area contributed by atoms with Crippen LogP contribution in [0, 0.1) is 25.2 Å². The van der Waals surface area contributed by atoms with E-state index in [-0.39, 0.29) is 11.5 Å². The fraction of sp³-hybridized carbons (Fsp3) is 0.263. The van der Waals surface area contributed by atoms with Gasteiger partial charge in [0.1, 0.15) is 11.6 Å². The van der Waals surface area contributed by atoms with E-state index in [1.165, 1.54) is 0 Å². The number of para-hydroxylation sites is 1. The SMILES string of the molecule is CCCn1c(C)cc(C=C(C#N)C(=O)Nc2ccccc2)c1C. The van der Waals surface area contributed by atoms with Gasteiger partial charge in [0.15, 0.2) is 0 Å². The van der Waals surface area contributed by atoms with Gasteiger partial charge in [-0.15, -0.1) is 0 Å². The van der Waals surface area contributed by atoms with Crippen LogP contribution in [0.2, 0.25) is 0 Å². The molecule has 1 N–H and O–H groups in total. The van der Waals surface area contributed by atoms with E-state index in [9.17, 15) is 10.1 Å². The molecule has 0 unspecified atom stereocenters. The van der Waals surface area contributed by atoms with Crippen LogP contribution < -0.4 is 5.32 Å². The minimum atomic E-state index is -0.390. The summed E-state index contributed by atoms with van der Waals surface area (Å²) < 4.78 is 2.20. The second kappa shape index (κ2) is 7.46. The van der Waals surface area contributed by atoms with Gasteiger partial charge in [0.25, 0.3) is 5.91 Å². The third-order valence-electron chi connectivity index (χ3n) is 3.76. The van der Waals surface area contributed by atoms with Crippen molar-refractivity contribution in [3.8, 4) is 6.07 Å². The van der Waals surface area contributed by atoms with Crippen molar-refractivity contribution in [1.82, 2.24) is 4.57 Å². The third kappa shape index (κ3) is 3.89. The van der Waals surface area contributed by atoms with Gasteiger partial charge in [0.2, 0.25) is 0 Å². The van der Waals surface area contributed by atoms with Crippen LogP contribution in [0.15, 0.2) is 42.0 Å². The summed E-state index contributed by atoms with van der Waals surface area (Å²) in [5, 5.41) is 12.1. The van der Waals surface area contributed by atoms with E-state index in [0.29, 0.717) is 5.69 Å². The summed E-state index contributed by atoms with van der Waals surface area (Å²) >= 11 is 0. The maximum absolute atomic E-state index is 12.3. The van der Waals surface area contributed by atoms with E-state index in [1.54, 1.807) is 18.2 Å². The van der Waals surface area contributed by atoms with Crippen LogP contribution in [0.4, 0.5) is 5.69 Å². The fourth-order valence-corrected chi connectivity index (χ4v) is 2.57. The zero-order chi connectivity index (χ0) is 16.8. The number of aryl methyl sites for hydroxylation is 1. The Morgan fingerprint density at radius 2 is 2.00 bits per heavy atom. The van der Waals surface area contributed by atoms with Crippen molar-refractivity contribution in [3.63, 3.8) is 0 Å². The van der Waals surface area contributed by atoms with Gasteiger partial charge in [-0.05, 0) is 50.1 Å². The summed E-state index contributed by atoms with van der Waals surface area (Å²) in [6.45, 7) is 7.11. The van der Waals surface area contributed by atoms with Gasteiger partial charge in [-0.2, -0.15) is 5.26 Å². The lowest BCUT2D eigenvalue weighted by atomic mass is 10.1. The summed E-state index contributed by atoms with van der Waals surface area (Å²) in [4.78, 5) is 12.3. The average molecular weight is 307 g/mol. The lowest BCUT2D eigenvalue weighted by molar-refractivity contribution is -0.112. The zero-order valence-electron chi connectivity index (χ0n) is 13.8. The molecule has 0 aliphatic rings. The van der Waals surface area contributed by atoms with Gasteiger partial charge in [-0.1, -0.05) is 25.1 Å². The van der Waals surface area contributed by atoms with Crippen LogP contribution in [-0.2, 0) is 11.3 Å². The maximum Gasteiger partial charge on any atom is 0.266 e. The molecule has 1 aromatic heterocycles. The normalized spacial score (nSPS) is 11.1. The van der Waals surface area contributed by atoms with E-state index >= 15 is 0 Å². The molecule has 23 heavy (non-hydrogen) atoms. The Morgan fingerprint density at radius 1 is 1.30 bits per heavy atom. The number of hydrogen-bond donors (Lipinski definition) is 1. The van der Waals surface area contributed by atoms with E-state index in [2.05, 4.69) is 16.8 Å². The van der Waals surface area contributed by atoms with E-state index in [1.807, 2.05) is 44.2 Å². The lowest BCUT2D eigenvalue weighted by Crippen LogP contribution is -2.13. The molecule has 1 heterocycles. The summed E-state index contributed by atoms with van der Waals surface area (Å²) in [7, 11) is 0. The van der Waals surface area contributed by atoms with Gasteiger partial charge in [-0.25, -0.2) is 0 Å². The lowest BCUT2D eigenvalue weighted by Gasteiger charge is -2.07. The van der Waals surface area contributed by atoms with E-state index < -0.39 is 0 Å². The predicted octanol–water partition coefficient (Wildman–Crippen LogP) is 4.06. The van der Waals surface area contributed by atoms with Gasteiger partial charge < -0.3 is 9.88 Å². The molecule has 2 rings (SSSR count). The Bertz CT molecular complexity index is 764. The monoisotopic (exact) mass is 307 g/mol. The Balaban J connectivity index is 2.27. The van der Waals surface area contributed by atoms with Crippen molar-refractivity contribution in [2.75, 3.05) is 5.32 Å². The molecule has 0 saturated carbocycles. The summed E-state index contributed by atoms with van der Waals surface area (Å²) in [6.07, 6.45) is 2.70. The fourth-order valence-electron chi connectivity index (χ4n) is 2.57. The Hall–Kier alpha value is -2.80. The number of amides is 1. The quantitative estimate of drug-likeness (QED) is 0.669. The molecule has 0 fully saturated rings. The molecule has 0 spiro atoms. The maximum atomic E-state index is 12.3. The number of nitrogens with one attached hydrogen (secondary N) is 1. The Labute approximate surface area is 137 Å². The van der Waals surface area contributed by atoms with E-state index in [4.69, 9.17) is 0 Å². The highest BCUT2D eigenvalue weighted by molar-refractivity contribution is 6.09. The molecule has 0 aliphatic carbocycles. The molecule has 4 nitrogen and oxygen atoms in total. The molecule has 0 aliphatic heterocycles. The first-order valence-corrected chi connectivity index (χ1v) is 7.71. The largest absolute Gasteiger partial charge is 0.349 e. The highest BCUT2D eigenvalue weighted by Gasteiger charge is 2.12. The smallest absolute Gasteiger partial charge is 0.266 e. The number of benzene rings is 1. The summed E-state index contributed by atoms with van der Waals surface area (Å²) in [5.41, 5.74) is 3.90. The van der Waals surface area contributed by atoms with Gasteiger partial charge in [-0.3, -0.25) is 4.79 Å². The van der Waals surface area contributed by atoms with Crippen LogP contribution in [0.25, 0.3) is 6.08 Å². The molecule has 2 aromatic rings. The summed E-state index contributed by atoms with van der Waals surface area (Å²) in [6, 6.07) is 13.1. The molecule has 0 saturated heterocycles. The third-order valence-corrected chi connectivity index (χ3v) is 3.76. The first-order chi connectivity index (χ1) is 11.1. The van der Waals surface area contributed by atoms with Crippen molar-refractivity contribution in [2.24, 2.45) is 0 Å². The molecule has 1 aromatic carbocycles. The van der Waals surface area contributed by atoms with Crippen LogP contribution in [0.1, 0.15) is 30.3 Å². The first kappa shape index (κ1) is 16.6. The highest BCUT2D eigenvalue weighted by Crippen LogP contribution is 2.19. The number of hydrogen-bond acceptors (Lipinski definition) is 2. The number of nitriles is 1. The van der Waals surface area contributed by atoms with Gasteiger partial charge in [0.05, 0.1) is 0 Å². The zero-order valence-corrected chi connectivity index (χ0v) is 13.8. The van der Waals surface area contributed by atoms with Crippen LogP contribution in [0.3, 0.4) is 0 Å². The number of carbonyl (C=O) groups excluding carboxylic acids is 1. The number of anilines is 1. The predicted molar refractivity (Wildman–Crippen MR) is 92.9 cm³/mol. The number of aromatic nitrogens is 1. The summed E-state index contributed by atoms with van der Waals surface area (Å²) in [5.74, 6) is -0.390. The Morgan fingerprint density at radius 3 is 2.61 bits per heavy atom. The van der Waals surface area contributed by atoms with Crippen molar-refractivity contribution < 1.29 is 4.79 Å². The minimum Gasteiger partial charge on any atom is -0.349 e. The standard InChI is InChI=1S/C19H21N3O/c1-4-10-22-14(2)11-16(15(22)3)12-17(13-20)19(23)21-18-8-6-5-7-9-18/h5-9,11-12H,4,10H2,1-3H3,(H,21,23). The molecule has 0 bridgehead atoms. The second-order valence-electron chi connectivity index (χ2n) is 5.47. The topological polar surface area (TPSA) is 57.8 Å². The van der Waals surface area contributed by atoms with Crippen molar-refractivity contribution in [3.05, 3.63) is 58.9 Å². The molecule has 0 atom stereocenters. The van der Waals surface area contributed by atoms with Crippen LogP contribution >= 0.6 is 0 Å². The molecule has 118 valence electrons. The van der Waals surface area contributed by atoms with Crippen molar-refractivity contribution in [2.45, 2.75) is 33.7 Å². The highest BCUT2D eigenvalue weighted by atomic mass is 16.1. The number of carbonyl (C=O) groups is 1.